The lowest BCUT2D eigenvalue weighted by atomic mass is 10.2. The van der Waals surface area contributed by atoms with Gasteiger partial charge in [0.05, 0.1) is 6.61 Å². The minimum Gasteiger partial charge on any atom is -0.494 e. The molecule has 0 aromatic heterocycles. The number of thioether (sulfide) groups is 1. The van der Waals surface area contributed by atoms with Crippen LogP contribution in [0.4, 0.5) is 0 Å². The summed E-state index contributed by atoms with van der Waals surface area (Å²) >= 11 is 1.86. The van der Waals surface area contributed by atoms with E-state index >= 15 is 0 Å². The number of halogens is 1. The lowest BCUT2D eigenvalue weighted by molar-refractivity contribution is 0.340. The van der Waals surface area contributed by atoms with Crippen LogP contribution in [0, 0.1) is 0 Å². The molecule has 4 nitrogen and oxygen atoms in total. The van der Waals surface area contributed by atoms with Crippen LogP contribution in [-0.2, 0) is 6.54 Å². The van der Waals surface area contributed by atoms with Crippen molar-refractivity contribution in [2.24, 2.45) is 4.99 Å². The largest absolute Gasteiger partial charge is 0.494 e. The Morgan fingerprint density at radius 2 is 2.09 bits per heavy atom. The SMILES string of the molecule is C=CCSCCNC(=NC)N(C)Cc1ccc(OCC)cc1.I. The summed E-state index contributed by atoms with van der Waals surface area (Å²) in [6.45, 7) is 8.12. The molecule has 6 heteroatoms. The number of nitrogens with zero attached hydrogens (tertiary/aromatic N) is 2. The Hall–Kier alpha value is -0.890. The monoisotopic (exact) mass is 449 g/mol. The molecule has 0 radical (unpaired) electrons. The first kappa shape index (κ1) is 22.1. The fraction of sp³-hybridized carbons (Fsp3) is 0.471. The van der Waals surface area contributed by atoms with E-state index in [-0.39, 0.29) is 24.0 Å². The predicted octanol–water partition coefficient (Wildman–Crippen LogP) is 3.63. The maximum atomic E-state index is 5.46. The summed E-state index contributed by atoms with van der Waals surface area (Å²) in [5, 5.41) is 3.38. The van der Waals surface area contributed by atoms with E-state index in [2.05, 4.69) is 33.9 Å². The minimum atomic E-state index is 0. The van der Waals surface area contributed by atoms with E-state index in [1.165, 1.54) is 5.56 Å². The molecular formula is C17H28IN3OS. The molecule has 0 unspecified atom stereocenters. The molecule has 130 valence electrons. The molecule has 1 aromatic carbocycles. The smallest absolute Gasteiger partial charge is 0.193 e. The average molecular weight is 449 g/mol. The third-order valence-electron chi connectivity index (χ3n) is 2.99. The molecule has 0 fully saturated rings. The summed E-state index contributed by atoms with van der Waals surface area (Å²) in [4.78, 5) is 6.45. The predicted molar refractivity (Wildman–Crippen MR) is 113 cm³/mol. The number of benzene rings is 1. The Balaban J connectivity index is 0.00000484. The Labute approximate surface area is 161 Å². The molecule has 0 spiro atoms. The molecule has 0 aliphatic carbocycles. The second-order valence-corrected chi connectivity index (χ2v) is 5.92. The van der Waals surface area contributed by atoms with Gasteiger partial charge < -0.3 is 15.0 Å². The number of ether oxygens (including phenoxy) is 1. The highest BCUT2D eigenvalue weighted by atomic mass is 127. The number of rotatable bonds is 9. The standard InChI is InChI=1S/C17H27N3OS.HI/c1-5-12-22-13-11-19-17(18-3)20(4)14-15-7-9-16(10-8-15)21-6-2;/h5,7-10H,1,6,11-14H2,2-4H3,(H,18,19);1H. The van der Waals surface area contributed by atoms with Gasteiger partial charge in [0.25, 0.3) is 0 Å². The molecule has 0 atom stereocenters. The Kier molecular flexibility index (Phi) is 13.0. The van der Waals surface area contributed by atoms with E-state index in [0.29, 0.717) is 6.61 Å². The molecule has 0 aliphatic heterocycles. The molecule has 23 heavy (non-hydrogen) atoms. The maximum absolute atomic E-state index is 5.46. The van der Waals surface area contributed by atoms with Crippen LogP contribution in [0.25, 0.3) is 0 Å². The Morgan fingerprint density at radius 3 is 2.65 bits per heavy atom. The summed E-state index contributed by atoms with van der Waals surface area (Å²) in [7, 11) is 3.86. The Bertz CT molecular complexity index is 465. The Morgan fingerprint density at radius 1 is 1.39 bits per heavy atom. The van der Waals surface area contributed by atoms with Crippen LogP contribution in [-0.4, -0.2) is 49.6 Å². The number of hydrogen-bond acceptors (Lipinski definition) is 3. The van der Waals surface area contributed by atoms with Crippen molar-refractivity contribution in [1.29, 1.82) is 0 Å². The van der Waals surface area contributed by atoms with Crippen molar-refractivity contribution < 1.29 is 4.74 Å². The number of hydrogen-bond donors (Lipinski definition) is 1. The summed E-state index contributed by atoms with van der Waals surface area (Å²) < 4.78 is 5.46. The van der Waals surface area contributed by atoms with E-state index in [4.69, 9.17) is 4.74 Å². The van der Waals surface area contributed by atoms with Crippen LogP contribution in [0.1, 0.15) is 12.5 Å². The first-order chi connectivity index (χ1) is 10.7. The number of aliphatic imine (C=N–C) groups is 1. The molecular weight excluding hydrogens is 421 g/mol. The van der Waals surface area contributed by atoms with Crippen molar-refractivity contribution in [3.05, 3.63) is 42.5 Å². The molecule has 1 aromatic rings. The highest BCUT2D eigenvalue weighted by Crippen LogP contribution is 2.13. The van der Waals surface area contributed by atoms with Gasteiger partial charge in [-0.25, -0.2) is 0 Å². The fourth-order valence-electron chi connectivity index (χ4n) is 1.99. The molecule has 1 rings (SSSR count). The van der Waals surface area contributed by atoms with Crippen molar-refractivity contribution in [2.75, 3.05) is 38.8 Å². The number of nitrogens with one attached hydrogen (secondary N) is 1. The van der Waals surface area contributed by atoms with Gasteiger partial charge in [0.15, 0.2) is 5.96 Å². The van der Waals surface area contributed by atoms with E-state index in [9.17, 15) is 0 Å². The minimum absolute atomic E-state index is 0. The quantitative estimate of drug-likeness (QED) is 0.205. The van der Waals surface area contributed by atoms with Crippen LogP contribution < -0.4 is 10.1 Å². The van der Waals surface area contributed by atoms with Gasteiger partial charge in [-0.3, -0.25) is 4.99 Å². The number of guanidine groups is 1. The van der Waals surface area contributed by atoms with E-state index in [1.807, 2.05) is 51.0 Å². The van der Waals surface area contributed by atoms with E-state index < -0.39 is 0 Å². The van der Waals surface area contributed by atoms with Crippen molar-refractivity contribution in [3.63, 3.8) is 0 Å². The van der Waals surface area contributed by atoms with Crippen LogP contribution in [0.5, 0.6) is 5.75 Å². The van der Waals surface area contributed by atoms with Crippen LogP contribution in [0.3, 0.4) is 0 Å². The summed E-state index contributed by atoms with van der Waals surface area (Å²) in [6.07, 6.45) is 1.93. The summed E-state index contributed by atoms with van der Waals surface area (Å²) in [6, 6.07) is 8.20. The second-order valence-electron chi connectivity index (χ2n) is 4.77. The molecule has 0 amide bonds. The van der Waals surface area contributed by atoms with Crippen molar-refractivity contribution >= 4 is 41.7 Å². The highest BCUT2D eigenvalue weighted by molar-refractivity contribution is 14.0. The second kappa shape index (κ2) is 13.5. The first-order valence-electron chi connectivity index (χ1n) is 7.53. The van der Waals surface area contributed by atoms with E-state index in [0.717, 1.165) is 36.3 Å². The lowest BCUT2D eigenvalue weighted by Gasteiger charge is -2.22. The zero-order chi connectivity index (χ0) is 16.2. The zero-order valence-electron chi connectivity index (χ0n) is 14.2. The molecule has 0 heterocycles. The zero-order valence-corrected chi connectivity index (χ0v) is 17.4. The van der Waals surface area contributed by atoms with Crippen LogP contribution in [0.2, 0.25) is 0 Å². The molecule has 0 saturated heterocycles. The average Bonchev–Trinajstić information content (AvgIpc) is 2.53. The highest BCUT2D eigenvalue weighted by Gasteiger charge is 2.06. The fourth-order valence-corrected chi connectivity index (χ4v) is 2.57. The van der Waals surface area contributed by atoms with Gasteiger partial charge in [-0.1, -0.05) is 18.2 Å². The third kappa shape index (κ3) is 9.10. The summed E-state index contributed by atoms with van der Waals surface area (Å²) in [5.74, 6) is 3.85. The van der Waals surface area contributed by atoms with Crippen LogP contribution in [0.15, 0.2) is 41.9 Å². The van der Waals surface area contributed by atoms with Crippen molar-refractivity contribution in [1.82, 2.24) is 10.2 Å². The normalized spacial score (nSPS) is 10.7. The van der Waals surface area contributed by atoms with E-state index in [1.54, 1.807) is 0 Å². The molecule has 1 N–H and O–H groups in total. The van der Waals surface area contributed by atoms with Gasteiger partial charge in [0, 0.05) is 38.7 Å². The third-order valence-corrected chi connectivity index (χ3v) is 3.96. The van der Waals surface area contributed by atoms with Crippen LogP contribution >= 0.6 is 35.7 Å². The van der Waals surface area contributed by atoms with Gasteiger partial charge in [-0.15, -0.1) is 30.6 Å². The van der Waals surface area contributed by atoms with Gasteiger partial charge in [0.1, 0.15) is 5.75 Å². The van der Waals surface area contributed by atoms with Crippen molar-refractivity contribution in [3.8, 4) is 5.75 Å². The van der Waals surface area contributed by atoms with Crippen molar-refractivity contribution in [2.45, 2.75) is 13.5 Å². The summed E-state index contributed by atoms with van der Waals surface area (Å²) in [5.41, 5.74) is 1.23. The topological polar surface area (TPSA) is 36.9 Å². The van der Waals surface area contributed by atoms with Gasteiger partial charge >= 0.3 is 0 Å². The molecule has 0 aliphatic rings. The first-order valence-corrected chi connectivity index (χ1v) is 8.68. The molecule has 0 saturated carbocycles. The van der Waals surface area contributed by atoms with Gasteiger partial charge in [-0.05, 0) is 24.6 Å². The maximum Gasteiger partial charge on any atom is 0.193 e. The van der Waals surface area contributed by atoms with Gasteiger partial charge in [-0.2, -0.15) is 11.8 Å². The molecule has 0 bridgehead atoms. The van der Waals surface area contributed by atoms with Gasteiger partial charge in [0.2, 0.25) is 0 Å². The lowest BCUT2D eigenvalue weighted by Crippen LogP contribution is -2.39.